The highest BCUT2D eigenvalue weighted by Crippen LogP contribution is 2.40. The summed E-state index contributed by atoms with van der Waals surface area (Å²) in [5, 5.41) is 0. The lowest BCUT2D eigenvalue weighted by atomic mass is 9.99. The second-order valence-electron chi connectivity index (χ2n) is 3.03. The number of ether oxygens (including phenoxy) is 2. The van der Waals surface area contributed by atoms with Gasteiger partial charge in [0.15, 0.2) is 0 Å². The van der Waals surface area contributed by atoms with E-state index in [1.54, 1.807) is 0 Å². The molecule has 0 radical (unpaired) electrons. The van der Waals surface area contributed by atoms with Gasteiger partial charge in [-0.1, -0.05) is 0 Å². The molecular weight excluding hydrogens is 132 g/mol. The van der Waals surface area contributed by atoms with E-state index < -0.39 is 5.79 Å². The van der Waals surface area contributed by atoms with E-state index in [0.29, 0.717) is 12.3 Å². The van der Waals surface area contributed by atoms with Crippen molar-refractivity contribution in [1.82, 2.24) is 0 Å². The van der Waals surface area contributed by atoms with Gasteiger partial charge in [-0.3, -0.25) is 4.79 Å². The highest BCUT2D eigenvalue weighted by atomic mass is 16.7. The molecule has 2 saturated heterocycles. The molecule has 2 rings (SSSR count). The van der Waals surface area contributed by atoms with E-state index in [4.69, 9.17) is 9.47 Å². The van der Waals surface area contributed by atoms with E-state index in [1.807, 2.05) is 6.92 Å². The van der Waals surface area contributed by atoms with Crippen LogP contribution in [0.25, 0.3) is 0 Å². The summed E-state index contributed by atoms with van der Waals surface area (Å²) in [5.74, 6) is -0.385. The fourth-order valence-corrected chi connectivity index (χ4v) is 1.65. The molecule has 0 saturated carbocycles. The Morgan fingerprint density at radius 3 is 3.20 bits per heavy atom. The van der Waals surface area contributed by atoms with Gasteiger partial charge in [0.1, 0.15) is 0 Å². The molecule has 2 fully saturated rings. The van der Waals surface area contributed by atoms with Gasteiger partial charge in [0.05, 0.1) is 13.0 Å². The molecule has 0 aromatic carbocycles. The summed E-state index contributed by atoms with van der Waals surface area (Å²) in [4.78, 5) is 10.8. The molecule has 0 aromatic rings. The zero-order valence-electron chi connectivity index (χ0n) is 5.92. The molecule has 0 spiro atoms. The van der Waals surface area contributed by atoms with Gasteiger partial charge in [-0.25, -0.2) is 0 Å². The highest BCUT2D eigenvalue weighted by Gasteiger charge is 2.50. The van der Waals surface area contributed by atoms with Crippen LogP contribution in [0.15, 0.2) is 0 Å². The van der Waals surface area contributed by atoms with Crippen molar-refractivity contribution in [3.63, 3.8) is 0 Å². The van der Waals surface area contributed by atoms with Crippen LogP contribution in [0.3, 0.4) is 0 Å². The summed E-state index contributed by atoms with van der Waals surface area (Å²) in [7, 11) is 0. The molecule has 0 bridgehead atoms. The minimum Gasteiger partial charge on any atom is -0.433 e. The van der Waals surface area contributed by atoms with E-state index in [0.717, 1.165) is 13.0 Å². The Labute approximate surface area is 59.3 Å². The summed E-state index contributed by atoms with van der Waals surface area (Å²) < 4.78 is 10.3. The van der Waals surface area contributed by atoms with Crippen molar-refractivity contribution in [2.24, 2.45) is 5.92 Å². The van der Waals surface area contributed by atoms with Crippen molar-refractivity contribution >= 4 is 5.97 Å². The molecule has 2 aliphatic heterocycles. The monoisotopic (exact) mass is 142 g/mol. The lowest BCUT2D eigenvalue weighted by Gasteiger charge is -2.20. The second kappa shape index (κ2) is 1.72. The standard InChI is InChI=1S/C7H10O3/c1-7-5(2-3-9-7)4-6(8)10-7/h5H,2-4H2,1H3. The predicted octanol–water partition coefficient (Wildman–Crippen LogP) is 0.686. The summed E-state index contributed by atoms with van der Waals surface area (Å²) in [6.07, 6.45) is 1.50. The van der Waals surface area contributed by atoms with Crippen LogP contribution in [0.2, 0.25) is 0 Å². The maximum atomic E-state index is 10.8. The number of rotatable bonds is 0. The first-order chi connectivity index (χ1) is 4.71. The van der Waals surface area contributed by atoms with Crippen LogP contribution in [0.4, 0.5) is 0 Å². The first-order valence-corrected chi connectivity index (χ1v) is 3.56. The summed E-state index contributed by atoms with van der Waals surface area (Å²) in [5.41, 5.74) is 0. The molecule has 2 aliphatic rings. The summed E-state index contributed by atoms with van der Waals surface area (Å²) >= 11 is 0. The minimum atomic E-state index is -0.572. The van der Waals surface area contributed by atoms with Crippen molar-refractivity contribution in [2.75, 3.05) is 6.61 Å². The zero-order chi connectivity index (χ0) is 7.19. The van der Waals surface area contributed by atoms with E-state index in [9.17, 15) is 4.79 Å². The van der Waals surface area contributed by atoms with Gasteiger partial charge in [0.25, 0.3) is 0 Å². The lowest BCUT2D eigenvalue weighted by Crippen LogP contribution is -2.28. The van der Waals surface area contributed by atoms with E-state index in [1.165, 1.54) is 0 Å². The first-order valence-electron chi connectivity index (χ1n) is 3.56. The molecule has 0 aliphatic carbocycles. The van der Waals surface area contributed by atoms with Gasteiger partial charge in [0.2, 0.25) is 5.79 Å². The van der Waals surface area contributed by atoms with Crippen LogP contribution < -0.4 is 0 Å². The number of esters is 1. The zero-order valence-corrected chi connectivity index (χ0v) is 5.92. The van der Waals surface area contributed by atoms with Gasteiger partial charge in [0, 0.05) is 12.8 Å². The normalized spacial score (nSPS) is 45.3. The van der Waals surface area contributed by atoms with Crippen molar-refractivity contribution in [3.05, 3.63) is 0 Å². The van der Waals surface area contributed by atoms with Gasteiger partial charge < -0.3 is 9.47 Å². The van der Waals surface area contributed by atoms with Gasteiger partial charge in [-0.05, 0) is 6.42 Å². The number of carbonyl (C=O) groups excluding carboxylic acids is 1. The van der Waals surface area contributed by atoms with E-state index in [2.05, 4.69) is 0 Å². The Morgan fingerprint density at radius 2 is 2.50 bits per heavy atom. The fourth-order valence-electron chi connectivity index (χ4n) is 1.65. The molecule has 0 aromatic heterocycles. The third kappa shape index (κ3) is 0.669. The van der Waals surface area contributed by atoms with E-state index in [-0.39, 0.29) is 5.97 Å². The number of hydrogen-bond donors (Lipinski definition) is 0. The van der Waals surface area contributed by atoms with Crippen molar-refractivity contribution in [3.8, 4) is 0 Å². The first kappa shape index (κ1) is 6.16. The molecule has 2 atom stereocenters. The average Bonchev–Trinajstić information content (AvgIpc) is 2.20. The molecule has 0 amide bonds. The van der Waals surface area contributed by atoms with Crippen molar-refractivity contribution in [2.45, 2.75) is 25.6 Å². The van der Waals surface area contributed by atoms with Crippen molar-refractivity contribution in [1.29, 1.82) is 0 Å². The van der Waals surface area contributed by atoms with Crippen LogP contribution >= 0.6 is 0 Å². The van der Waals surface area contributed by atoms with Gasteiger partial charge in [-0.2, -0.15) is 0 Å². The van der Waals surface area contributed by atoms with Crippen LogP contribution in [0.5, 0.6) is 0 Å². The number of hydrogen-bond acceptors (Lipinski definition) is 3. The Hall–Kier alpha value is -0.570. The Morgan fingerprint density at radius 1 is 1.70 bits per heavy atom. The fraction of sp³-hybridized carbons (Fsp3) is 0.857. The van der Waals surface area contributed by atoms with Crippen molar-refractivity contribution < 1.29 is 14.3 Å². The van der Waals surface area contributed by atoms with Crippen LogP contribution in [0, 0.1) is 5.92 Å². The van der Waals surface area contributed by atoms with Gasteiger partial charge in [-0.15, -0.1) is 0 Å². The van der Waals surface area contributed by atoms with E-state index >= 15 is 0 Å². The number of fused-ring (bicyclic) bond motifs is 1. The third-order valence-corrected chi connectivity index (χ3v) is 2.33. The molecular formula is C7H10O3. The molecule has 10 heavy (non-hydrogen) atoms. The SMILES string of the molecule is CC12OCCC1CC(=O)O2. The quantitative estimate of drug-likeness (QED) is 0.467. The molecule has 0 N–H and O–H groups in total. The topological polar surface area (TPSA) is 35.5 Å². The Balaban J connectivity index is 2.22. The smallest absolute Gasteiger partial charge is 0.308 e. The lowest BCUT2D eigenvalue weighted by molar-refractivity contribution is -0.193. The van der Waals surface area contributed by atoms with Crippen LogP contribution in [-0.4, -0.2) is 18.4 Å². The summed E-state index contributed by atoms with van der Waals surface area (Å²) in [6, 6.07) is 0. The molecule has 3 nitrogen and oxygen atoms in total. The third-order valence-electron chi connectivity index (χ3n) is 2.33. The van der Waals surface area contributed by atoms with Gasteiger partial charge >= 0.3 is 5.97 Å². The molecule has 2 unspecified atom stereocenters. The molecule has 56 valence electrons. The average molecular weight is 142 g/mol. The maximum Gasteiger partial charge on any atom is 0.308 e. The number of carbonyl (C=O) groups is 1. The highest BCUT2D eigenvalue weighted by molar-refractivity contribution is 5.72. The Kier molecular flexibility index (Phi) is 1.06. The second-order valence-corrected chi connectivity index (χ2v) is 3.03. The molecule has 2 heterocycles. The maximum absolute atomic E-state index is 10.8. The van der Waals surface area contributed by atoms with Crippen LogP contribution in [0.1, 0.15) is 19.8 Å². The largest absolute Gasteiger partial charge is 0.433 e. The Bertz CT molecular complexity index is 178. The molecule has 3 heteroatoms. The van der Waals surface area contributed by atoms with Crippen LogP contribution in [-0.2, 0) is 14.3 Å². The predicted molar refractivity (Wildman–Crippen MR) is 33.2 cm³/mol. The summed E-state index contributed by atoms with van der Waals surface area (Å²) in [6.45, 7) is 2.57. The minimum absolute atomic E-state index is 0.118.